The van der Waals surface area contributed by atoms with E-state index in [1.165, 1.54) is 18.1 Å². The van der Waals surface area contributed by atoms with Gasteiger partial charge < -0.3 is 19.3 Å². The van der Waals surface area contributed by atoms with Gasteiger partial charge in [-0.25, -0.2) is 0 Å². The van der Waals surface area contributed by atoms with Crippen LogP contribution in [0.15, 0.2) is 12.3 Å². The number of methoxy groups -OCH3 is 1. The van der Waals surface area contributed by atoms with Gasteiger partial charge in [0.25, 0.3) is 5.91 Å². The zero-order valence-corrected chi connectivity index (χ0v) is 11.0. The van der Waals surface area contributed by atoms with E-state index in [1.807, 2.05) is 0 Å². The molecule has 1 N–H and O–H groups in total. The SMILES string of the molecule is COCCN(CC(=O)O)C(=O)c1cc(Cl)cn1C. The van der Waals surface area contributed by atoms with Gasteiger partial charge in [0.1, 0.15) is 12.2 Å². The van der Waals surface area contributed by atoms with Crippen LogP contribution in [0.25, 0.3) is 0 Å². The summed E-state index contributed by atoms with van der Waals surface area (Å²) in [6.45, 7) is 0.118. The van der Waals surface area contributed by atoms with E-state index in [2.05, 4.69) is 0 Å². The molecule has 0 fully saturated rings. The van der Waals surface area contributed by atoms with Crippen LogP contribution in [0.3, 0.4) is 0 Å². The van der Waals surface area contributed by atoms with Crippen LogP contribution in [0.5, 0.6) is 0 Å². The molecule has 0 radical (unpaired) electrons. The van der Waals surface area contributed by atoms with E-state index in [0.29, 0.717) is 10.7 Å². The summed E-state index contributed by atoms with van der Waals surface area (Å²) in [5, 5.41) is 9.22. The number of carbonyl (C=O) groups is 2. The number of carboxylic acids is 1. The van der Waals surface area contributed by atoms with Crippen molar-refractivity contribution < 1.29 is 19.4 Å². The van der Waals surface area contributed by atoms with Gasteiger partial charge in [-0.2, -0.15) is 0 Å². The summed E-state index contributed by atoms with van der Waals surface area (Å²) in [6.07, 6.45) is 1.59. The molecule has 0 aliphatic heterocycles. The maximum atomic E-state index is 12.1. The number of hydrogen-bond acceptors (Lipinski definition) is 3. The van der Waals surface area contributed by atoms with Crippen LogP contribution in [0.2, 0.25) is 5.02 Å². The van der Waals surface area contributed by atoms with Crippen molar-refractivity contribution in [2.75, 3.05) is 26.8 Å². The number of aromatic nitrogens is 1. The fourth-order valence-electron chi connectivity index (χ4n) is 1.52. The van der Waals surface area contributed by atoms with E-state index < -0.39 is 5.97 Å². The highest BCUT2D eigenvalue weighted by Gasteiger charge is 2.21. The first-order valence-corrected chi connectivity index (χ1v) is 5.65. The van der Waals surface area contributed by atoms with Crippen molar-refractivity contribution in [3.63, 3.8) is 0 Å². The highest BCUT2D eigenvalue weighted by Crippen LogP contribution is 2.14. The van der Waals surface area contributed by atoms with Gasteiger partial charge in [0.2, 0.25) is 0 Å². The molecule has 0 aromatic carbocycles. The second kappa shape index (κ2) is 6.42. The molecule has 18 heavy (non-hydrogen) atoms. The lowest BCUT2D eigenvalue weighted by Gasteiger charge is -2.20. The second-order valence-corrected chi connectivity index (χ2v) is 4.20. The van der Waals surface area contributed by atoms with Crippen LogP contribution < -0.4 is 0 Å². The summed E-state index contributed by atoms with van der Waals surface area (Å²) in [6, 6.07) is 1.51. The molecule has 1 rings (SSSR count). The van der Waals surface area contributed by atoms with Crippen molar-refractivity contribution in [1.29, 1.82) is 0 Å². The Hall–Kier alpha value is -1.53. The third-order valence-corrected chi connectivity index (χ3v) is 2.58. The Balaban J connectivity index is 2.87. The lowest BCUT2D eigenvalue weighted by Crippen LogP contribution is -2.38. The molecule has 1 heterocycles. The average Bonchev–Trinajstić information content (AvgIpc) is 2.62. The van der Waals surface area contributed by atoms with E-state index in [1.54, 1.807) is 17.8 Å². The van der Waals surface area contributed by atoms with Crippen LogP contribution in [-0.2, 0) is 16.6 Å². The van der Waals surface area contributed by atoms with E-state index in [4.69, 9.17) is 21.4 Å². The molecule has 0 atom stereocenters. The van der Waals surface area contributed by atoms with Crippen molar-refractivity contribution in [2.45, 2.75) is 0 Å². The molecule has 6 nitrogen and oxygen atoms in total. The lowest BCUT2D eigenvalue weighted by molar-refractivity contribution is -0.137. The molecule has 7 heteroatoms. The minimum absolute atomic E-state index is 0.213. The topological polar surface area (TPSA) is 71.8 Å². The minimum atomic E-state index is -1.07. The van der Waals surface area contributed by atoms with Gasteiger partial charge in [0, 0.05) is 26.9 Å². The van der Waals surface area contributed by atoms with Gasteiger partial charge in [0.05, 0.1) is 11.6 Å². The Bertz CT molecular complexity index is 444. The third-order valence-electron chi connectivity index (χ3n) is 2.37. The van der Waals surface area contributed by atoms with Crippen molar-refractivity contribution in [1.82, 2.24) is 9.47 Å². The van der Waals surface area contributed by atoms with Crippen LogP contribution in [0.4, 0.5) is 0 Å². The Labute approximate surface area is 110 Å². The Morgan fingerprint density at radius 1 is 1.56 bits per heavy atom. The standard InChI is InChI=1S/C11H15ClN2O4/c1-13-6-8(12)5-9(13)11(17)14(3-4-18-2)7-10(15)16/h5-6H,3-4,7H2,1-2H3,(H,15,16). The lowest BCUT2D eigenvalue weighted by atomic mass is 10.3. The smallest absolute Gasteiger partial charge is 0.323 e. The number of amides is 1. The molecule has 1 aromatic rings. The second-order valence-electron chi connectivity index (χ2n) is 3.77. The minimum Gasteiger partial charge on any atom is -0.480 e. The predicted octanol–water partition coefficient (Wildman–Crippen LogP) is 0.852. The molecular formula is C11H15ClN2O4. The van der Waals surface area contributed by atoms with E-state index >= 15 is 0 Å². The first-order valence-electron chi connectivity index (χ1n) is 5.27. The number of nitrogens with zero attached hydrogens (tertiary/aromatic N) is 2. The van der Waals surface area contributed by atoms with Crippen LogP contribution in [-0.4, -0.2) is 53.3 Å². The molecule has 0 aliphatic rings. The number of halogens is 1. The first-order chi connectivity index (χ1) is 8.45. The van der Waals surface area contributed by atoms with Crippen molar-refractivity contribution >= 4 is 23.5 Å². The third kappa shape index (κ3) is 3.75. The van der Waals surface area contributed by atoms with Gasteiger partial charge in [-0.3, -0.25) is 9.59 Å². The van der Waals surface area contributed by atoms with Crippen LogP contribution >= 0.6 is 11.6 Å². The van der Waals surface area contributed by atoms with E-state index in [-0.39, 0.29) is 25.6 Å². The molecule has 100 valence electrons. The molecule has 0 aliphatic carbocycles. The van der Waals surface area contributed by atoms with Gasteiger partial charge in [-0.15, -0.1) is 0 Å². The number of aliphatic carboxylic acids is 1. The largest absolute Gasteiger partial charge is 0.480 e. The number of aryl methyl sites for hydroxylation is 1. The number of carbonyl (C=O) groups excluding carboxylic acids is 1. The number of ether oxygens (including phenoxy) is 1. The summed E-state index contributed by atoms with van der Waals surface area (Å²) < 4.78 is 6.42. The number of carboxylic acid groups (broad SMARTS) is 1. The molecule has 1 amide bonds. The average molecular weight is 275 g/mol. The molecule has 0 saturated carbocycles. The quantitative estimate of drug-likeness (QED) is 0.835. The monoisotopic (exact) mass is 274 g/mol. The molecule has 1 aromatic heterocycles. The van der Waals surface area contributed by atoms with Gasteiger partial charge in [0.15, 0.2) is 0 Å². The van der Waals surface area contributed by atoms with E-state index in [9.17, 15) is 9.59 Å². The summed E-state index contributed by atoms with van der Waals surface area (Å²) in [5.41, 5.74) is 0.345. The molecule has 0 saturated heterocycles. The summed E-state index contributed by atoms with van der Waals surface area (Å²) in [4.78, 5) is 24.1. The highest BCUT2D eigenvalue weighted by molar-refractivity contribution is 6.31. The Kier molecular flexibility index (Phi) is 5.18. The van der Waals surface area contributed by atoms with Crippen molar-refractivity contribution in [3.8, 4) is 0 Å². The number of rotatable bonds is 6. The normalized spacial score (nSPS) is 10.4. The number of hydrogen-bond donors (Lipinski definition) is 1. The zero-order chi connectivity index (χ0) is 13.7. The maximum Gasteiger partial charge on any atom is 0.323 e. The molecule has 0 bridgehead atoms. The summed E-state index contributed by atoms with van der Waals surface area (Å²) >= 11 is 5.79. The van der Waals surface area contributed by atoms with Crippen LogP contribution in [0, 0.1) is 0 Å². The molecular weight excluding hydrogens is 260 g/mol. The van der Waals surface area contributed by atoms with Gasteiger partial charge >= 0.3 is 5.97 Å². The molecule has 0 spiro atoms. The fourth-order valence-corrected chi connectivity index (χ4v) is 1.77. The van der Waals surface area contributed by atoms with E-state index in [0.717, 1.165) is 0 Å². The first kappa shape index (κ1) is 14.5. The molecule has 0 unspecified atom stereocenters. The Morgan fingerprint density at radius 2 is 2.22 bits per heavy atom. The van der Waals surface area contributed by atoms with Crippen molar-refractivity contribution in [3.05, 3.63) is 23.0 Å². The summed E-state index contributed by atoms with van der Waals surface area (Å²) in [5.74, 6) is -1.45. The van der Waals surface area contributed by atoms with Gasteiger partial charge in [-0.05, 0) is 6.07 Å². The predicted molar refractivity (Wildman–Crippen MR) is 65.8 cm³/mol. The Morgan fingerprint density at radius 3 is 2.67 bits per heavy atom. The zero-order valence-electron chi connectivity index (χ0n) is 10.2. The highest BCUT2D eigenvalue weighted by atomic mass is 35.5. The van der Waals surface area contributed by atoms with Crippen molar-refractivity contribution in [2.24, 2.45) is 7.05 Å². The van der Waals surface area contributed by atoms with Gasteiger partial charge in [-0.1, -0.05) is 11.6 Å². The summed E-state index contributed by atoms with van der Waals surface area (Å²) in [7, 11) is 3.16. The fraction of sp³-hybridized carbons (Fsp3) is 0.455. The van der Waals surface area contributed by atoms with Crippen LogP contribution in [0.1, 0.15) is 10.5 Å². The maximum absolute atomic E-state index is 12.1.